The van der Waals surface area contributed by atoms with E-state index in [2.05, 4.69) is 9.71 Å². The van der Waals surface area contributed by atoms with Gasteiger partial charge in [-0.2, -0.15) is 0 Å². The van der Waals surface area contributed by atoms with Crippen molar-refractivity contribution in [2.24, 2.45) is 0 Å². The minimum Gasteiger partial charge on any atom is -0.372 e. The number of carbonyl (C=O) groups excluding carboxylic acids is 1. The molecule has 2 unspecified atom stereocenters. The maximum absolute atomic E-state index is 13.1. The Hall–Kier alpha value is -1.87. The van der Waals surface area contributed by atoms with Gasteiger partial charge in [0.15, 0.2) is 5.69 Å². The number of morpholine rings is 1. The van der Waals surface area contributed by atoms with E-state index in [1.54, 1.807) is 11.8 Å². The number of carbonyl (C=O) groups is 1. The Morgan fingerprint density at radius 1 is 1.21 bits per heavy atom. The van der Waals surface area contributed by atoms with E-state index in [-0.39, 0.29) is 33.5 Å². The summed E-state index contributed by atoms with van der Waals surface area (Å²) < 4.78 is 33.8. The summed E-state index contributed by atoms with van der Waals surface area (Å²) in [5, 5.41) is 0.662. The summed E-state index contributed by atoms with van der Waals surface area (Å²) in [4.78, 5) is 18.8. The fourth-order valence-electron chi connectivity index (χ4n) is 3.17. The molecule has 3 rings (SSSR count). The first-order valence-corrected chi connectivity index (χ1v) is 11.2. The highest BCUT2D eigenvalue weighted by atomic mass is 35.5. The zero-order valence-electron chi connectivity index (χ0n) is 16.1. The molecule has 29 heavy (non-hydrogen) atoms. The molecule has 10 heteroatoms. The molecule has 0 radical (unpaired) electrons. The lowest BCUT2D eigenvalue weighted by atomic mass is 10.2. The fraction of sp³-hybridized carbons (Fsp3) is 0.368. The molecule has 2 heterocycles. The molecular formula is C19H21Cl2N3O4S. The van der Waals surface area contributed by atoms with Crippen LogP contribution in [0.15, 0.2) is 35.4 Å². The Kier molecular flexibility index (Phi) is 6.38. The van der Waals surface area contributed by atoms with Crippen LogP contribution in [0.3, 0.4) is 0 Å². The van der Waals surface area contributed by atoms with E-state index in [9.17, 15) is 13.2 Å². The number of ether oxygens (including phenoxy) is 1. The van der Waals surface area contributed by atoms with Gasteiger partial charge in [-0.3, -0.25) is 9.52 Å². The molecule has 1 saturated heterocycles. The van der Waals surface area contributed by atoms with E-state index in [0.29, 0.717) is 23.7 Å². The number of rotatable bonds is 4. The fourth-order valence-corrected chi connectivity index (χ4v) is 4.59. The number of halogens is 2. The molecule has 1 fully saturated rings. The van der Waals surface area contributed by atoms with Crippen LogP contribution in [0.1, 0.15) is 29.9 Å². The predicted molar refractivity (Wildman–Crippen MR) is 112 cm³/mol. The minimum atomic E-state index is -3.98. The number of anilines is 1. The number of sulfonamides is 1. The summed E-state index contributed by atoms with van der Waals surface area (Å²) >= 11 is 12.0. The molecular weight excluding hydrogens is 437 g/mol. The molecule has 2 atom stereocenters. The van der Waals surface area contributed by atoms with Gasteiger partial charge in [-0.05, 0) is 50.6 Å². The second-order valence-electron chi connectivity index (χ2n) is 7.03. The van der Waals surface area contributed by atoms with Gasteiger partial charge >= 0.3 is 0 Å². The van der Waals surface area contributed by atoms with E-state index in [0.717, 1.165) is 0 Å². The molecule has 0 bridgehead atoms. The lowest BCUT2D eigenvalue weighted by molar-refractivity contribution is -0.0587. The summed E-state index contributed by atoms with van der Waals surface area (Å²) in [6.45, 7) is 6.22. The lowest BCUT2D eigenvalue weighted by Crippen LogP contribution is -2.48. The number of hydrogen-bond acceptors (Lipinski definition) is 5. The summed E-state index contributed by atoms with van der Waals surface area (Å²) in [6.07, 6.45) is 1.05. The van der Waals surface area contributed by atoms with Crippen molar-refractivity contribution in [2.45, 2.75) is 37.9 Å². The standard InChI is InChI=1S/C19H21Cl2N3O4S/c1-11-6-15(4-5-16(11)21)29(26,27)23-17-7-14(20)8-22-18(17)19(25)24-9-12(2)28-13(3)10-24/h4-8,12-13,23H,9-10H2,1-3H3. The number of hydrogen-bond donors (Lipinski definition) is 1. The topological polar surface area (TPSA) is 88.6 Å². The van der Waals surface area contributed by atoms with Crippen LogP contribution < -0.4 is 4.72 Å². The SMILES string of the molecule is Cc1cc(S(=O)(=O)Nc2cc(Cl)cnc2C(=O)N2CC(C)OC(C)C2)ccc1Cl. The van der Waals surface area contributed by atoms with Crippen molar-refractivity contribution in [1.82, 2.24) is 9.88 Å². The van der Waals surface area contributed by atoms with Crippen LogP contribution in [-0.2, 0) is 14.8 Å². The van der Waals surface area contributed by atoms with Crippen LogP contribution in [0, 0.1) is 6.92 Å². The van der Waals surface area contributed by atoms with Crippen molar-refractivity contribution < 1.29 is 17.9 Å². The molecule has 0 spiro atoms. The zero-order chi connectivity index (χ0) is 21.3. The average Bonchev–Trinajstić information content (AvgIpc) is 2.62. The van der Waals surface area contributed by atoms with Gasteiger partial charge in [0.25, 0.3) is 15.9 Å². The van der Waals surface area contributed by atoms with Gasteiger partial charge in [0, 0.05) is 24.3 Å². The molecule has 2 aromatic rings. The first-order chi connectivity index (χ1) is 13.6. The summed E-state index contributed by atoms with van der Waals surface area (Å²) in [5.41, 5.74) is 0.609. The van der Waals surface area contributed by atoms with Crippen molar-refractivity contribution in [3.8, 4) is 0 Å². The van der Waals surface area contributed by atoms with Gasteiger partial charge in [-0.15, -0.1) is 0 Å². The van der Waals surface area contributed by atoms with Crippen molar-refractivity contribution in [3.63, 3.8) is 0 Å². The number of nitrogens with zero attached hydrogens (tertiary/aromatic N) is 2. The molecule has 156 valence electrons. The first-order valence-electron chi connectivity index (χ1n) is 8.96. The first kappa shape index (κ1) is 21.8. The Morgan fingerprint density at radius 3 is 2.48 bits per heavy atom. The molecule has 1 amide bonds. The van der Waals surface area contributed by atoms with Crippen molar-refractivity contribution in [1.29, 1.82) is 0 Å². The molecule has 0 aliphatic carbocycles. The van der Waals surface area contributed by atoms with Crippen molar-refractivity contribution in [2.75, 3.05) is 17.8 Å². The van der Waals surface area contributed by atoms with Crippen LogP contribution in [0.2, 0.25) is 10.0 Å². The molecule has 1 aromatic carbocycles. The van der Waals surface area contributed by atoms with Crippen molar-refractivity contribution >= 4 is 44.8 Å². The zero-order valence-corrected chi connectivity index (χ0v) is 18.5. The quantitative estimate of drug-likeness (QED) is 0.754. The van der Waals surface area contributed by atoms with Crippen LogP contribution in [0.4, 0.5) is 5.69 Å². The van der Waals surface area contributed by atoms with Crippen LogP contribution in [0.25, 0.3) is 0 Å². The van der Waals surface area contributed by atoms with E-state index < -0.39 is 15.9 Å². The second kappa shape index (κ2) is 8.47. The molecule has 1 aliphatic rings. The number of benzene rings is 1. The van der Waals surface area contributed by atoms with Gasteiger partial charge in [-0.1, -0.05) is 23.2 Å². The number of nitrogens with one attached hydrogen (secondary N) is 1. The Balaban J connectivity index is 1.94. The van der Waals surface area contributed by atoms with Gasteiger partial charge in [0.1, 0.15) is 0 Å². The summed E-state index contributed by atoms with van der Waals surface area (Å²) in [7, 11) is -3.98. The maximum Gasteiger partial charge on any atom is 0.274 e. The van der Waals surface area contributed by atoms with E-state index >= 15 is 0 Å². The minimum absolute atomic E-state index is 0.0156. The van der Waals surface area contributed by atoms with Gasteiger partial charge < -0.3 is 9.64 Å². The molecule has 7 nitrogen and oxygen atoms in total. The highest BCUT2D eigenvalue weighted by Gasteiger charge is 2.30. The van der Waals surface area contributed by atoms with Gasteiger partial charge in [0.05, 0.1) is 27.8 Å². The second-order valence-corrected chi connectivity index (χ2v) is 9.56. The third-order valence-electron chi connectivity index (χ3n) is 4.45. The smallest absolute Gasteiger partial charge is 0.274 e. The third-order valence-corrected chi connectivity index (χ3v) is 6.44. The molecule has 1 aromatic heterocycles. The number of amides is 1. The van der Waals surface area contributed by atoms with Crippen LogP contribution in [0.5, 0.6) is 0 Å². The normalized spacial score (nSPS) is 19.8. The van der Waals surface area contributed by atoms with Crippen LogP contribution >= 0.6 is 23.2 Å². The number of pyridine rings is 1. The van der Waals surface area contributed by atoms with Crippen LogP contribution in [-0.4, -0.2) is 49.5 Å². The van der Waals surface area contributed by atoms with Crippen molar-refractivity contribution in [3.05, 3.63) is 51.8 Å². The Morgan fingerprint density at radius 2 is 1.86 bits per heavy atom. The summed E-state index contributed by atoms with van der Waals surface area (Å²) in [5.74, 6) is -0.395. The van der Waals surface area contributed by atoms with E-state index in [4.69, 9.17) is 27.9 Å². The van der Waals surface area contributed by atoms with E-state index in [1.165, 1.54) is 30.5 Å². The molecule has 0 saturated carbocycles. The number of aryl methyl sites for hydroxylation is 1. The summed E-state index contributed by atoms with van der Waals surface area (Å²) in [6, 6.07) is 5.72. The van der Waals surface area contributed by atoms with E-state index in [1.807, 2.05) is 13.8 Å². The predicted octanol–water partition coefficient (Wildman–Crippen LogP) is 3.75. The number of aromatic nitrogens is 1. The highest BCUT2D eigenvalue weighted by Crippen LogP contribution is 2.26. The largest absolute Gasteiger partial charge is 0.372 e. The monoisotopic (exact) mass is 457 g/mol. The molecule has 1 N–H and O–H groups in total. The van der Waals surface area contributed by atoms with Gasteiger partial charge in [0.2, 0.25) is 0 Å². The third kappa shape index (κ3) is 5.01. The highest BCUT2D eigenvalue weighted by molar-refractivity contribution is 7.92. The molecule has 1 aliphatic heterocycles. The Labute approximate surface area is 180 Å². The average molecular weight is 458 g/mol. The van der Waals surface area contributed by atoms with Gasteiger partial charge in [-0.25, -0.2) is 13.4 Å². The lowest BCUT2D eigenvalue weighted by Gasteiger charge is -2.35. The Bertz CT molecular complexity index is 1040. The maximum atomic E-state index is 13.1.